The van der Waals surface area contributed by atoms with Crippen LogP contribution >= 0.6 is 7.92 Å². The standard InChI is InChI=1S/C31H26N3P/c1-24(34-31(28-19-10-12-22-32-28)29-20-11-13-23-33-29)27-18-8-9-21-30(27)35(25-14-4-2-5-15-25)26-16-6-3-7-17-26/h2-24H,1H3. The van der Waals surface area contributed by atoms with Crippen molar-refractivity contribution in [1.29, 1.82) is 0 Å². The molecule has 170 valence electrons. The van der Waals surface area contributed by atoms with Crippen LogP contribution in [0.3, 0.4) is 0 Å². The Morgan fingerprint density at radius 1 is 0.600 bits per heavy atom. The topological polar surface area (TPSA) is 38.1 Å². The zero-order chi connectivity index (χ0) is 23.9. The molecular formula is C31H26N3P. The second kappa shape index (κ2) is 11.0. The number of aliphatic imine (C=N–C) groups is 1. The van der Waals surface area contributed by atoms with E-state index in [1.165, 1.54) is 21.5 Å². The molecule has 0 spiro atoms. The van der Waals surface area contributed by atoms with Crippen molar-refractivity contribution in [2.75, 3.05) is 0 Å². The Morgan fingerprint density at radius 3 is 1.60 bits per heavy atom. The summed E-state index contributed by atoms with van der Waals surface area (Å²) in [7, 11) is -0.733. The van der Waals surface area contributed by atoms with Crippen LogP contribution in [0.25, 0.3) is 0 Å². The van der Waals surface area contributed by atoms with Gasteiger partial charge in [0.1, 0.15) is 5.71 Å². The molecule has 3 nitrogen and oxygen atoms in total. The molecule has 1 atom stereocenters. The van der Waals surface area contributed by atoms with Crippen molar-refractivity contribution >= 4 is 29.5 Å². The molecule has 0 aliphatic rings. The highest BCUT2D eigenvalue weighted by molar-refractivity contribution is 7.79. The van der Waals surface area contributed by atoms with Gasteiger partial charge in [-0.05, 0) is 60.6 Å². The summed E-state index contributed by atoms with van der Waals surface area (Å²) < 4.78 is 0. The van der Waals surface area contributed by atoms with Gasteiger partial charge >= 0.3 is 0 Å². The Hall–Kier alpha value is -3.94. The Kier molecular flexibility index (Phi) is 7.17. The van der Waals surface area contributed by atoms with Gasteiger partial charge in [-0.25, -0.2) is 0 Å². The highest BCUT2D eigenvalue weighted by atomic mass is 31.1. The maximum absolute atomic E-state index is 5.22. The monoisotopic (exact) mass is 471 g/mol. The van der Waals surface area contributed by atoms with E-state index in [1.807, 2.05) is 36.4 Å². The van der Waals surface area contributed by atoms with Crippen LogP contribution in [0.15, 0.2) is 139 Å². The van der Waals surface area contributed by atoms with E-state index >= 15 is 0 Å². The number of aromatic nitrogens is 2. The predicted molar refractivity (Wildman–Crippen MR) is 148 cm³/mol. The predicted octanol–water partition coefficient (Wildman–Crippen LogP) is 5.83. The van der Waals surface area contributed by atoms with E-state index in [1.54, 1.807) is 12.4 Å². The molecule has 0 saturated heterocycles. The summed E-state index contributed by atoms with van der Waals surface area (Å²) in [6.07, 6.45) is 3.60. The van der Waals surface area contributed by atoms with Crippen LogP contribution in [0, 0.1) is 0 Å². The molecule has 4 heteroatoms. The molecule has 0 bridgehead atoms. The Labute approximate surface area is 208 Å². The van der Waals surface area contributed by atoms with Crippen molar-refractivity contribution in [1.82, 2.24) is 9.97 Å². The van der Waals surface area contributed by atoms with Crippen LogP contribution in [-0.4, -0.2) is 15.7 Å². The summed E-state index contributed by atoms with van der Waals surface area (Å²) in [5.74, 6) is 0. The van der Waals surface area contributed by atoms with E-state index in [2.05, 4.69) is 102 Å². The third-order valence-electron chi connectivity index (χ3n) is 5.79. The first-order valence-electron chi connectivity index (χ1n) is 11.7. The number of hydrogen-bond acceptors (Lipinski definition) is 3. The van der Waals surface area contributed by atoms with E-state index in [-0.39, 0.29) is 6.04 Å². The van der Waals surface area contributed by atoms with E-state index in [0.29, 0.717) is 0 Å². The SMILES string of the molecule is CC(N=C(c1ccccn1)c1ccccn1)c1ccccc1P(c1ccccc1)c1ccccc1. The van der Waals surface area contributed by atoms with Crippen molar-refractivity contribution in [2.24, 2.45) is 4.99 Å². The average Bonchev–Trinajstić information content (AvgIpc) is 2.94. The maximum atomic E-state index is 5.22. The van der Waals surface area contributed by atoms with Crippen LogP contribution in [0.2, 0.25) is 0 Å². The molecule has 0 N–H and O–H groups in total. The average molecular weight is 472 g/mol. The van der Waals surface area contributed by atoms with Crippen molar-refractivity contribution in [3.63, 3.8) is 0 Å². The second-order valence-electron chi connectivity index (χ2n) is 8.15. The van der Waals surface area contributed by atoms with E-state index in [0.717, 1.165) is 17.1 Å². The molecule has 0 aliphatic heterocycles. The lowest BCUT2D eigenvalue weighted by Gasteiger charge is -2.24. The van der Waals surface area contributed by atoms with Crippen LogP contribution in [0.4, 0.5) is 0 Å². The summed E-state index contributed by atoms with van der Waals surface area (Å²) in [6, 6.07) is 42.0. The Morgan fingerprint density at radius 2 is 1.09 bits per heavy atom. The molecular weight excluding hydrogens is 445 g/mol. The first kappa shape index (κ1) is 22.8. The van der Waals surface area contributed by atoms with Gasteiger partial charge in [0, 0.05) is 12.4 Å². The minimum absolute atomic E-state index is 0.0809. The molecule has 3 aromatic carbocycles. The molecule has 0 amide bonds. The molecule has 5 aromatic rings. The number of nitrogens with zero attached hydrogens (tertiary/aromatic N) is 3. The molecule has 1 unspecified atom stereocenters. The third-order valence-corrected chi connectivity index (χ3v) is 8.31. The summed E-state index contributed by atoms with van der Waals surface area (Å²) in [6.45, 7) is 2.16. The quantitative estimate of drug-likeness (QED) is 0.221. The fourth-order valence-corrected chi connectivity index (χ4v) is 6.71. The number of pyridine rings is 2. The molecule has 2 heterocycles. The van der Waals surface area contributed by atoms with Crippen LogP contribution < -0.4 is 15.9 Å². The number of benzene rings is 3. The molecule has 0 aliphatic carbocycles. The van der Waals surface area contributed by atoms with E-state index in [9.17, 15) is 0 Å². The minimum atomic E-state index is -0.733. The Balaban J connectivity index is 1.64. The highest BCUT2D eigenvalue weighted by Crippen LogP contribution is 2.36. The lowest BCUT2D eigenvalue weighted by Crippen LogP contribution is -2.24. The normalized spacial score (nSPS) is 11.7. The van der Waals surface area contributed by atoms with Crippen molar-refractivity contribution in [3.05, 3.63) is 151 Å². The van der Waals surface area contributed by atoms with Crippen molar-refractivity contribution in [2.45, 2.75) is 13.0 Å². The first-order chi connectivity index (χ1) is 17.3. The zero-order valence-electron chi connectivity index (χ0n) is 19.6. The molecule has 2 aromatic heterocycles. The largest absolute Gasteiger partial charge is 0.273 e. The zero-order valence-corrected chi connectivity index (χ0v) is 20.5. The van der Waals surface area contributed by atoms with Crippen LogP contribution in [-0.2, 0) is 0 Å². The second-order valence-corrected chi connectivity index (χ2v) is 10.3. The fraction of sp³-hybridized carbons (Fsp3) is 0.0645. The summed E-state index contributed by atoms with van der Waals surface area (Å²) in [5.41, 5.74) is 3.67. The van der Waals surface area contributed by atoms with Gasteiger partial charge in [0.25, 0.3) is 0 Å². The van der Waals surface area contributed by atoms with E-state index < -0.39 is 7.92 Å². The van der Waals surface area contributed by atoms with Crippen molar-refractivity contribution < 1.29 is 0 Å². The lowest BCUT2D eigenvalue weighted by atomic mass is 10.1. The van der Waals surface area contributed by atoms with Crippen LogP contribution in [0.5, 0.6) is 0 Å². The van der Waals surface area contributed by atoms with Gasteiger partial charge in [-0.1, -0.05) is 97.1 Å². The van der Waals surface area contributed by atoms with Gasteiger partial charge in [-0.2, -0.15) is 0 Å². The maximum Gasteiger partial charge on any atom is 0.109 e. The first-order valence-corrected chi connectivity index (χ1v) is 13.0. The minimum Gasteiger partial charge on any atom is -0.273 e. The summed E-state index contributed by atoms with van der Waals surface area (Å²) >= 11 is 0. The highest BCUT2D eigenvalue weighted by Gasteiger charge is 2.22. The molecule has 5 rings (SSSR count). The van der Waals surface area contributed by atoms with Gasteiger partial charge in [0.2, 0.25) is 0 Å². The third kappa shape index (κ3) is 5.26. The lowest BCUT2D eigenvalue weighted by molar-refractivity contribution is 0.825. The Bertz CT molecular complexity index is 1310. The van der Waals surface area contributed by atoms with Gasteiger partial charge in [0.05, 0.1) is 17.4 Å². The van der Waals surface area contributed by atoms with Crippen LogP contribution in [0.1, 0.15) is 29.9 Å². The summed E-state index contributed by atoms with van der Waals surface area (Å²) in [4.78, 5) is 14.4. The van der Waals surface area contributed by atoms with Gasteiger partial charge < -0.3 is 0 Å². The van der Waals surface area contributed by atoms with Crippen molar-refractivity contribution in [3.8, 4) is 0 Å². The summed E-state index contributed by atoms with van der Waals surface area (Å²) in [5, 5.41) is 3.97. The fourth-order valence-electron chi connectivity index (χ4n) is 4.16. The van der Waals surface area contributed by atoms with Gasteiger partial charge in [-0.15, -0.1) is 0 Å². The smallest absolute Gasteiger partial charge is 0.109 e. The molecule has 0 saturated carbocycles. The van der Waals surface area contributed by atoms with Gasteiger partial charge in [-0.3, -0.25) is 15.0 Å². The van der Waals surface area contributed by atoms with Gasteiger partial charge in [0.15, 0.2) is 0 Å². The van der Waals surface area contributed by atoms with E-state index in [4.69, 9.17) is 4.99 Å². The number of hydrogen-bond donors (Lipinski definition) is 0. The molecule has 0 radical (unpaired) electrons. The number of rotatable bonds is 7. The molecule has 0 fully saturated rings. The molecule has 35 heavy (non-hydrogen) atoms.